The fraction of sp³-hybridized carbons (Fsp3) is 0.933. The van der Waals surface area contributed by atoms with E-state index in [9.17, 15) is 4.79 Å². The molecular weight excluding hydrogens is 238 g/mol. The Morgan fingerprint density at radius 1 is 1.26 bits per heavy atom. The molecule has 110 valence electrons. The fourth-order valence-electron chi connectivity index (χ4n) is 3.56. The van der Waals surface area contributed by atoms with Crippen LogP contribution in [0.15, 0.2) is 0 Å². The molecule has 0 saturated carbocycles. The van der Waals surface area contributed by atoms with Crippen molar-refractivity contribution in [1.29, 1.82) is 0 Å². The van der Waals surface area contributed by atoms with Crippen LogP contribution in [0.1, 0.15) is 46.5 Å². The molecule has 0 spiro atoms. The Balaban J connectivity index is 1.95. The first-order valence-corrected chi connectivity index (χ1v) is 7.86. The molecule has 19 heavy (non-hydrogen) atoms. The van der Waals surface area contributed by atoms with Crippen molar-refractivity contribution in [1.82, 2.24) is 15.5 Å². The number of carbonyl (C=O) groups is 1. The van der Waals surface area contributed by atoms with Crippen LogP contribution in [-0.4, -0.2) is 48.6 Å². The molecule has 2 aliphatic heterocycles. The lowest BCUT2D eigenvalue weighted by molar-refractivity contribution is -0.127. The molecular formula is C15H29N3O. The smallest absolute Gasteiger partial charge is 0.237 e. The highest BCUT2D eigenvalue weighted by Crippen LogP contribution is 2.29. The van der Waals surface area contributed by atoms with Gasteiger partial charge in [-0.2, -0.15) is 0 Å². The standard InChI is InChI=1S/C15H29N3O/c1-11(2)17-15(19)12(3)18-9-5-7-14(18)13-6-4-8-16-10-13/h11-14,16H,4-10H2,1-3H3,(H,17,19). The van der Waals surface area contributed by atoms with E-state index in [4.69, 9.17) is 0 Å². The van der Waals surface area contributed by atoms with Crippen LogP contribution in [-0.2, 0) is 4.79 Å². The predicted octanol–water partition coefficient (Wildman–Crippen LogP) is 1.36. The molecule has 2 N–H and O–H groups in total. The summed E-state index contributed by atoms with van der Waals surface area (Å²) in [6, 6.07) is 0.838. The van der Waals surface area contributed by atoms with Crippen LogP contribution in [0.5, 0.6) is 0 Å². The van der Waals surface area contributed by atoms with Gasteiger partial charge >= 0.3 is 0 Å². The minimum absolute atomic E-state index is 0.0110. The Morgan fingerprint density at radius 2 is 2.05 bits per heavy atom. The average Bonchev–Trinajstić information content (AvgIpc) is 2.87. The Kier molecular flexibility index (Phi) is 5.22. The molecule has 2 saturated heterocycles. The second-order valence-electron chi connectivity index (χ2n) is 6.39. The van der Waals surface area contributed by atoms with Crippen LogP contribution in [0.4, 0.5) is 0 Å². The largest absolute Gasteiger partial charge is 0.353 e. The van der Waals surface area contributed by atoms with E-state index in [1.54, 1.807) is 0 Å². The summed E-state index contributed by atoms with van der Waals surface area (Å²) < 4.78 is 0. The molecule has 2 fully saturated rings. The lowest BCUT2D eigenvalue weighted by Crippen LogP contribution is -2.52. The number of nitrogens with one attached hydrogen (secondary N) is 2. The lowest BCUT2D eigenvalue weighted by atomic mass is 9.89. The molecule has 0 radical (unpaired) electrons. The van der Waals surface area contributed by atoms with Crippen molar-refractivity contribution in [3.8, 4) is 0 Å². The number of nitrogens with zero attached hydrogens (tertiary/aromatic N) is 1. The minimum atomic E-state index is 0.0110. The molecule has 0 bridgehead atoms. The summed E-state index contributed by atoms with van der Waals surface area (Å²) in [6.07, 6.45) is 5.08. The third kappa shape index (κ3) is 3.69. The second kappa shape index (κ2) is 6.71. The number of rotatable bonds is 4. The molecule has 0 aliphatic carbocycles. The van der Waals surface area contributed by atoms with Crippen LogP contribution < -0.4 is 10.6 Å². The summed E-state index contributed by atoms with van der Waals surface area (Å²) in [6.45, 7) is 9.47. The summed E-state index contributed by atoms with van der Waals surface area (Å²) in [5.41, 5.74) is 0. The van der Waals surface area contributed by atoms with E-state index in [0.29, 0.717) is 6.04 Å². The number of hydrogen-bond donors (Lipinski definition) is 2. The maximum atomic E-state index is 12.2. The first kappa shape index (κ1) is 14.8. The molecule has 3 atom stereocenters. The summed E-state index contributed by atoms with van der Waals surface area (Å²) in [5, 5.41) is 6.55. The van der Waals surface area contributed by atoms with Crippen molar-refractivity contribution in [2.75, 3.05) is 19.6 Å². The van der Waals surface area contributed by atoms with E-state index in [0.717, 1.165) is 25.6 Å². The summed E-state index contributed by atoms with van der Waals surface area (Å²) in [5.74, 6) is 0.913. The van der Waals surface area contributed by atoms with Crippen molar-refractivity contribution in [3.63, 3.8) is 0 Å². The van der Waals surface area contributed by atoms with E-state index in [-0.39, 0.29) is 18.0 Å². The average molecular weight is 267 g/mol. The predicted molar refractivity (Wildman–Crippen MR) is 78.1 cm³/mol. The summed E-state index contributed by atoms with van der Waals surface area (Å²) in [7, 11) is 0. The van der Waals surface area contributed by atoms with Gasteiger partial charge in [-0.25, -0.2) is 0 Å². The third-order valence-corrected chi connectivity index (χ3v) is 4.53. The normalized spacial score (nSPS) is 30.5. The van der Waals surface area contributed by atoms with E-state index in [1.807, 2.05) is 13.8 Å². The van der Waals surface area contributed by atoms with Crippen molar-refractivity contribution < 1.29 is 4.79 Å². The third-order valence-electron chi connectivity index (χ3n) is 4.53. The maximum Gasteiger partial charge on any atom is 0.237 e. The fourth-order valence-corrected chi connectivity index (χ4v) is 3.56. The summed E-state index contributed by atoms with van der Waals surface area (Å²) >= 11 is 0. The zero-order valence-electron chi connectivity index (χ0n) is 12.6. The number of likely N-dealkylation sites (tertiary alicyclic amines) is 1. The Bertz CT molecular complexity index is 300. The van der Waals surface area contributed by atoms with Crippen LogP contribution in [0.3, 0.4) is 0 Å². The highest BCUT2D eigenvalue weighted by atomic mass is 16.2. The Labute approximate surface area is 117 Å². The maximum absolute atomic E-state index is 12.2. The van der Waals surface area contributed by atoms with Gasteiger partial charge in [0.15, 0.2) is 0 Å². The molecule has 0 aromatic rings. The SMILES string of the molecule is CC(C)NC(=O)C(C)N1CCCC1C1CCCNC1. The molecule has 0 aromatic heterocycles. The zero-order valence-corrected chi connectivity index (χ0v) is 12.6. The number of hydrogen-bond acceptors (Lipinski definition) is 3. The highest BCUT2D eigenvalue weighted by Gasteiger charge is 2.36. The quantitative estimate of drug-likeness (QED) is 0.808. The molecule has 1 amide bonds. The lowest BCUT2D eigenvalue weighted by Gasteiger charge is -2.37. The zero-order chi connectivity index (χ0) is 13.8. The first-order valence-electron chi connectivity index (χ1n) is 7.86. The summed E-state index contributed by atoms with van der Waals surface area (Å²) in [4.78, 5) is 14.6. The second-order valence-corrected chi connectivity index (χ2v) is 6.39. The molecule has 2 rings (SSSR count). The van der Waals surface area contributed by atoms with Crippen molar-refractivity contribution in [2.45, 2.75) is 64.6 Å². The monoisotopic (exact) mass is 267 g/mol. The van der Waals surface area contributed by atoms with Gasteiger partial charge in [-0.15, -0.1) is 0 Å². The van der Waals surface area contributed by atoms with Gasteiger partial charge in [0, 0.05) is 12.1 Å². The van der Waals surface area contributed by atoms with Gasteiger partial charge in [0.1, 0.15) is 0 Å². The van der Waals surface area contributed by atoms with E-state index < -0.39 is 0 Å². The molecule has 2 heterocycles. The topological polar surface area (TPSA) is 44.4 Å². The van der Waals surface area contributed by atoms with Gasteiger partial charge in [0.05, 0.1) is 6.04 Å². The molecule has 4 heteroatoms. The van der Waals surface area contributed by atoms with Crippen molar-refractivity contribution in [3.05, 3.63) is 0 Å². The van der Waals surface area contributed by atoms with Crippen molar-refractivity contribution in [2.24, 2.45) is 5.92 Å². The van der Waals surface area contributed by atoms with E-state index in [1.165, 1.54) is 25.7 Å². The highest BCUT2D eigenvalue weighted by molar-refractivity contribution is 5.81. The van der Waals surface area contributed by atoms with Crippen LogP contribution >= 0.6 is 0 Å². The van der Waals surface area contributed by atoms with Gasteiger partial charge in [-0.3, -0.25) is 9.69 Å². The van der Waals surface area contributed by atoms with E-state index in [2.05, 4.69) is 22.5 Å². The Morgan fingerprint density at radius 3 is 2.68 bits per heavy atom. The van der Waals surface area contributed by atoms with Crippen LogP contribution in [0.2, 0.25) is 0 Å². The number of amides is 1. The van der Waals surface area contributed by atoms with Gasteiger partial charge in [-0.05, 0) is 72.0 Å². The molecule has 2 aliphatic rings. The number of carbonyl (C=O) groups excluding carboxylic acids is 1. The van der Waals surface area contributed by atoms with Gasteiger partial charge < -0.3 is 10.6 Å². The minimum Gasteiger partial charge on any atom is -0.353 e. The van der Waals surface area contributed by atoms with E-state index >= 15 is 0 Å². The number of piperidine rings is 1. The Hall–Kier alpha value is -0.610. The van der Waals surface area contributed by atoms with Gasteiger partial charge in [0.2, 0.25) is 5.91 Å². The van der Waals surface area contributed by atoms with Gasteiger partial charge in [-0.1, -0.05) is 0 Å². The van der Waals surface area contributed by atoms with Crippen LogP contribution in [0.25, 0.3) is 0 Å². The first-order chi connectivity index (χ1) is 9.09. The molecule has 4 nitrogen and oxygen atoms in total. The molecule has 0 aromatic carbocycles. The van der Waals surface area contributed by atoms with Crippen LogP contribution in [0, 0.1) is 5.92 Å². The van der Waals surface area contributed by atoms with Crippen molar-refractivity contribution >= 4 is 5.91 Å². The van der Waals surface area contributed by atoms with Gasteiger partial charge in [0.25, 0.3) is 0 Å². The molecule has 3 unspecified atom stereocenters.